The Balaban J connectivity index is 0.940. The zero-order valence-electron chi connectivity index (χ0n) is 35.4. The van der Waals surface area contributed by atoms with Crippen LogP contribution in [0, 0.1) is 0 Å². The van der Waals surface area contributed by atoms with E-state index in [4.69, 9.17) is 0 Å². The lowest BCUT2D eigenvalue weighted by molar-refractivity contribution is 1.28. The molecule has 10 aromatic rings. The Morgan fingerprint density at radius 2 is 0.554 bits per heavy atom. The van der Waals surface area contributed by atoms with Gasteiger partial charge in [-0.2, -0.15) is 0 Å². The summed E-state index contributed by atoms with van der Waals surface area (Å²) in [5.41, 5.74) is 12.5. The highest BCUT2D eigenvalue weighted by molar-refractivity contribution is 9.11. The Kier molecular flexibility index (Phi) is 12.3. The number of pyridine rings is 1. The molecular weight excluding hydrogens is 920 g/mol. The molecule has 1 heterocycles. The SMILES string of the molecule is Brc1ccc(/C=C/c2ccc(N(c3ccc(/C=C/c4ccc(Br)c5ccccc45)cc3)c3ccc(/C=C/c4ccc(/C=C/c5ccncc5)c5ccccc45)cc3)cc2)c2ccccc12. The van der Waals surface area contributed by atoms with E-state index >= 15 is 0 Å². The molecule has 0 fully saturated rings. The minimum atomic E-state index is 1.08. The molecular formula is C61H42Br2N2. The molecule has 0 unspecified atom stereocenters. The Bertz CT molecular complexity index is 3280. The largest absolute Gasteiger partial charge is 0.311 e. The first-order chi connectivity index (χ1) is 32.0. The number of aromatic nitrogens is 1. The fraction of sp³-hybridized carbons (Fsp3) is 0. The fourth-order valence-electron chi connectivity index (χ4n) is 8.37. The van der Waals surface area contributed by atoms with Crippen molar-refractivity contribution in [2.24, 2.45) is 0 Å². The van der Waals surface area contributed by atoms with Crippen LogP contribution < -0.4 is 4.90 Å². The zero-order chi connectivity index (χ0) is 44.0. The molecule has 0 aliphatic rings. The molecule has 0 aliphatic heterocycles. The van der Waals surface area contributed by atoms with Crippen molar-refractivity contribution in [2.75, 3.05) is 4.90 Å². The molecule has 2 nitrogen and oxygen atoms in total. The van der Waals surface area contributed by atoms with Gasteiger partial charge in [-0.3, -0.25) is 4.98 Å². The number of halogens is 2. The number of rotatable bonds is 11. The molecule has 0 saturated carbocycles. The van der Waals surface area contributed by atoms with Crippen LogP contribution in [0.1, 0.15) is 44.5 Å². The molecule has 0 N–H and O–H groups in total. The standard InChI is InChI=1S/C61H42Br2N2/c62-60-37-29-49(56-9-3-5-11-58(56)60)24-14-44-19-33-52(34-20-44)65(53-35-21-45(22-36-53)15-25-50-30-38-61(63)59-12-6-4-10-57(50)59)51-31-17-43(18-32-51)13-23-47-27-28-48(55-8-2-1-7-54(47)55)26-16-46-39-41-64-42-40-46/h1-42H/b23-13+,24-14+,25-15+,26-16+. The third kappa shape index (κ3) is 9.32. The van der Waals surface area contributed by atoms with Crippen LogP contribution in [0.5, 0.6) is 0 Å². The quantitative estimate of drug-likeness (QED) is 0.120. The number of benzene rings is 9. The first kappa shape index (κ1) is 41.6. The van der Waals surface area contributed by atoms with Gasteiger partial charge >= 0.3 is 0 Å². The minimum Gasteiger partial charge on any atom is -0.311 e. The van der Waals surface area contributed by atoms with Crippen LogP contribution in [0.25, 0.3) is 80.9 Å². The Labute approximate surface area is 397 Å². The average Bonchev–Trinajstić information content (AvgIpc) is 3.36. The van der Waals surface area contributed by atoms with Crippen LogP contribution in [-0.4, -0.2) is 4.98 Å². The van der Waals surface area contributed by atoms with Crippen LogP contribution in [0.15, 0.2) is 215 Å². The van der Waals surface area contributed by atoms with Gasteiger partial charge in [-0.25, -0.2) is 0 Å². The molecule has 4 heteroatoms. The van der Waals surface area contributed by atoms with Crippen LogP contribution in [0.4, 0.5) is 17.1 Å². The lowest BCUT2D eigenvalue weighted by Crippen LogP contribution is -2.09. The van der Waals surface area contributed by atoms with E-state index in [-0.39, 0.29) is 0 Å². The van der Waals surface area contributed by atoms with E-state index in [0.717, 1.165) is 48.3 Å². The Hall–Kier alpha value is -7.37. The van der Waals surface area contributed by atoms with E-state index in [1.807, 2.05) is 24.5 Å². The van der Waals surface area contributed by atoms with Crippen LogP contribution >= 0.6 is 31.9 Å². The van der Waals surface area contributed by atoms with Gasteiger partial charge in [0.05, 0.1) is 0 Å². The fourth-order valence-corrected chi connectivity index (χ4v) is 9.32. The third-order valence-electron chi connectivity index (χ3n) is 11.8. The minimum absolute atomic E-state index is 1.08. The van der Waals surface area contributed by atoms with E-state index in [2.05, 4.69) is 272 Å². The molecule has 0 radical (unpaired) electrons. The molecule has 0 aliphatic carbocycles. The zero-order valence-corrected chi connectivity index (χ0v) is 38.6. The first-order valence-electron chi connectivity index (χ1n) is 21.6. The summed E-state index contributed by atoms with van der Waals surface area (Å²) >= 11 is 7.44. The maximum atomic E-state index is 4.15. The van der Waals surface area contributed by atoms with Gasteiger partial charge in [0.2, 0.25) is 0 Å². The summed E-state index contributed by atoms with van der Waals surface area (Å²) < 4.78 is 2.21. The van der Waals surface area contributed by atoms with Gasteiger partial charge in [-0.05, 0) is 137 Å². The molecule has 0 amide bonds. The van der Waals surface area contributed by atoms with Crippen molar-refractivity contribution in [1.82, 2.24) is 4.98 Å². The van der Waals surface area contributed by atoms with E-state index in [1.165, 1.54) is 54.6 Å². The highest BCUT2D eigenvalue weighted by atomic mass is 79.9. The second-order valence-corrected chi connectivity index (χ2v) is 17.6. The van der Waals surface area contributed by atoms with Crippen molar-refractivity contribution >= 4 is 130 Å². The second-order valence-electron chi connectivity index (χ2n) is 15.9. The third-order valence-corrected chi connectivity index (χ3v) is 13.2. The van der Waals surface area contributed by atoms with E-state index in [9.17, 15) is 0 Å². The number of hydrogen-bond donors (Lipinski definition) is 0. The maximum Gasteiger partial charge on any atom is 0.0462 e. The summed E-state index contributed by atoms with van der Waals surface area (Å²) in [6.45, 7) is 0. The molecule has 10 rings (SSSR count). The normalized spacial score (nSPS) is 11.9. The Morgan fingerprint density at radius 1 is 0.277 bits per heavy atom. The van der Waals surface area contributed by atoms with Crippen molar-refractivity contribution in [3.8, 4) is 0 Å². The summed E-state index contributed by atoms with van der Waals surface area (Å²) in [7, 11) is 0. The van der Waals surface area contributed by atoms with Crippen LogP contribution in [-0.2, 0) is 0 Å². The van der Waals surface area contributed by atoms with Crippen molar-refractivity contribution in [3.05, 3.63) is 260 Å². The molecule has 0 spiro atoms. The number of hydrogen-bond acceptors (Lipinski definition) is 2. The maximum absolute atomic E-state index is 4.15. The summed E-state index contributed by atoms with van der Waals surface area (Å²) in [4.78, 5) is 6.47. The molecule has 0 atom stereocenters. The lowest BCUT2D eigenvalue weighted by atomic mass is 9.98. The van der Waals surface area contributed by atoms with Crippen LogP contribution in [0.2, 0.25) is 0 Å². The second kappa shape index (κ2) is 19.2. The van der Waals surface area contributed by atoms with Gasteiger partial charge in [-0.15, -0.1) is 0 Å². The first-order valence-corrected chi connectivity index (χ1v) is 23.2. The van der Waals surface area contributed by atoms with Crippen molar-refractivity contribution < 1.29 is 0 Å². The van der Waals surface area contributed by atoms with Crippen molar-refractivity contribution in [2.45, 2.75) is 0 Å². The van der Waals surface area contributed by atoms with Gasteiger partial charge in [0.1, 0.15) is 0 Å². The van der Waals surface area contributed by atoms with Gasteiger partial charge in [0.15, 0.2) is 0 Å². The summed E-state index contributed by atoms with van der Waals surface area (Å²) in [6.07, 6.45) is 21.2. The summed E-state index contributed by atoms with van der Waals surface area (Å²) in [5, 5.41) is 7.30. The predicted octanol–water partition coefficient (Wildman–Crippen LogP) is 18.2. The lowest BCUT2D eigenvalue weighted by Gasteiger charge is -2.26. The summed E-state index contributed by atoms with van der Waals surface area (Å²) in [6, 6.07) is 69.1. The highest BCUT2D eigenvalue weighted by Crippen LogP contribution is 2.36. The molecule has 1 aromatic heterocycles. The monoisotopic (exact) mass is 960 g/mol. The van der Waals surface area contributed by atoms with Gasteiger partial charge < -0.3 is 4.90 Å². The molecule has 0 saturated heterocycles. The average molecular weight is 963 g/mol. The van der Waals surface area contributed by atoms with Gasteiger partial charge in [0, 0.05) is 38.4 Å². The summed E-state index contributed by atoms with van der Waals surface area (Å²) in [5.74, 6) is 0. The molecule has 310 valence electrons. The smallest absolute Gasteiger partial charge is 0.0462 e. The van der Waals surface area contributed by atoms with Gasteiger partial charge in [-0.1, -0.05) is 214 Å². The number of anilines is 3. The molecule has 9 aromatic carbocycles. The van der Waals surface area contributed by atoms with Crippen LogP contribution in [0.3, 0.4) is 0 Å². The topological polar surface area (TPSA) is 16.1 Å². The Morgan fingerprint density at radius 3 is 0.892 bits per heavy atom. The van der Waals surface area contributed by atoms with E-state index < -0.39 is 0 Å². The van der Waals surface area contributed by atoms with Crippen molar-refractivity contribution in [3.63, 3.8) is 0 Å². The number of fused-ring (bicyclic) bond motifs is 3. The van der Waals surface area contributed by atoms with Gasteiger partial charge in [0.25, 0.3) is 0 Å². The highest BCUT2D eigenvalue weighted by Gasteiger charge is 2.13. The number of nitrogens with zero attached hydrogens (tertiary/aromatic N) is 2. The van der Waals surface area contributed by atoms with E-state index in [0.29, 0.717) is 0 Å². The predicted molar refractivity (Wildman–Crippen MR) is 288 cm³/mol. The molecule has 65 heavy (non-hydrogen) atoms. The van der Waals surface area contributed by atoms with Crippen molar-refractivity contribution in [1.29, 1.82) is 0 Å². The molecule has 0 bridgehead atoms. The van der Waals surface area contributed by atoms with E-state index in [1.54, 1.807) is 0 Å².